The number of rotatable bonds is 2. The Balaban J connectivity index is 1.76. The summed E-state index contributed by atoms with van der Waals surface area (Å²) in [6.07, 6.45) is 19.8. The highest BCUT2D eigenvalue weighted by Gasteiger charge is 2.56. The Morgan fingerprint density at radius 3 is 2.11 bits per heavy atom. The van der Waals surface area contributed by atoms with Crippen molar-refractivity contribution in [1.29, 1.82) is 0 Å². The van der Waals surface area contributed by atoms with Gasteiger partial charge >= 0.3 is 0 Å². The van der Waals surface area contributed by atoms with Gasteiger partial charge in [-0.25, -0.2) is 0 Å². The van der Waals surface area contributed by atoms with Crippen LogP contribution in [0.3, 0.4) is 0 Å². The first-order chi connectivity index (χ1) is 13.0. The molecule has 4 aliphatic carbocycles. The van der Waals surface area contributed by atoms with Crippen LogP contribution in [0.15, 0.2) is 101 Å². The molecule has 0 bridgehead atoms. The normalized spacial score (nSPS) is 29.8. The summed E-state index contributed by atoms with van der Waals surface area (Å²) in [6, 6.07) is 6.87. The minimum absolute atomic E-state index is 0.118. The molecule has 5 rings (SSSR count). The summed E-state index contributed by atoms with van der Waals surface area (Å²) in [6.45, 7) is 4.66. The highest BCUT2D eigenvalue weighted by molar-refractivity contribution is 5.86. The molecule has 0 saturated carbocycles. The van der Waals surface area contributed by atoms with Gasteiger partial charge in [-0.3, -0.25) is 10.1 Å². The van der Waals surface area contributed by atoms with Gasteiger partial charge < -0.3 is 0 Å². The van der Waals surface area contributed by atoms with E-state index in [0.29, 0.717) is 0 Å². The molecule has 0 aromatic heterocycles. The summed E-state index contributed by atoms with van der Waals surface area (Å²) in [5, 5.41) is 11.0. The van der Waals surface area contributed by atoms with Gasteiger partial charge in [-0.05, 0) is 45.6 Å². The molecule has 0 radical (unpaired) electrons. The summed E-state index contributed by atoms with van der Waals surface area (Å²) < 4.78 is 0. The molecule has 3 nitrogen and oxygen atoms in total. The molecule has 0 amide bonds. The van der Waals surface area contributed by atoms with Gasteiger partial charge in [0.1, 0.15) is 0 Å². The summed E-state index contributed by atoms with van der Waals surface area (Å²) in [7, 11) is 0. The van der Waals surface area contributed by atoms with E-state index in [9.17, 15) is 10.1 Å². The van der Waals surface area contributed by atoms with E-state index in [-0.39, 0.29) is 21.4 Å². The van der Waals surface area contributed by atoms with Gasteiger partial charge in [0, 0.05) is 23.0 Å². The Labute approximate surface area is 158 Å². The zero-order valence-electron chi connectivity index (χ0n) is 15.3. The van der Waals surface area contributed by atoms with Gasteiger partial charge in [0.25, 0.3) is 5.69 Å². The van der Waals surface area contributed by atoms with E-state index in [0.717, 1.165) is 11.1 Å². The maximum Gasteiger partial charge on any atom is 0.269 e. The molecular weight excluding hydrogens is 334 g/mol. The first-order valence-electron chi connectivity index (χ1n) is 9.14. The Kier molecular flexibility index (Phi) is 3.06. The maximum absolute atomic E-state index is 11.0. The average Bonchev–Trinajstić information content (AvgIpc) is 2.66. The predicted molar refractivity (Wildman–Crippen MR) is 108 cm³/mol. The predicted octanol–water partition coefficient (Wildman–Crippen LogP) is 5.86. The van der Waals surface area contributed by atoms with Crippen molar-refractivity contribution in [2.45, 2.75) is 13.8 Å². The van der Waals surface area contributed by atoms with Crippen molar-refractivity contribution in [3.05, 3.63) is 117 Å². The minimum atomic E-state index is -0.356. The van der Waals surface area contributed by atoms with Crippen LogP contribution in [0.4, 0.5) is 5.69 Å². The highest BCUT2D eigenvalue weighted by atomic mass is 16.6. The fourth-order valence-electron chi connectivity index (χ4n) is 5.04. The molecule has 4 aliphatic rings. The second kappa shape index (κ2) is 5.17. The van der Waals surface area contributed by atoms with Crippen LogP contribution in [0.5, 0.6) is 0 Å². The van der Waals surface area contributed by atoms with Crippen LogP contribution in [0.2, 0.25) is 0 Å². The summed E-state index contributed by atoms with van der Waals surface area (Å²) >= 11 is 0. The Bertz CT molecular complexity index is 1110. The molecule has 0 fully saturated rings. The van der Waals surface area contributed by atoms with Crippen LogP contribution in [0.1, 0.15) is 19.4 Å². The number of hydrogen-bond donors (Lipinski definition) is 0. The Morgan fingerprint density at radius 1 is 0.778 bits per heavy atom. The molecule has 132 valence electrons. The molecule has 0 N–H and O–H groups in total. The second-order valence-corrected chi connectivity index (χ2v) is 7.77. The van der Waals surface area contributed by atoms with Crippen molar-refractivity contribution in [2.24, 2.45) is 10.8 Å². The fourth-order valence-corrected chi connectivity index (χ4v) is 5.04. The van der Waals surface area contributed by atoms with Crippen LogP contribution in [-0.2, 0) is 0 Å². The third-order valence-electron chi connectivity index (χ3n) is 6.80. The maximum atomic E-state index is 11.0. The molecule has 3 heteroatoms. The van der Waals surface area contributed by atoms with Crippen molar-refractivity contribution in [2.75, 3.05) is 0 Å². The third kappa shape index (κ3) is 1.86. The van der Waals surface area contributed by atoms with E-state index in [1.807, 2.05) is 12.1 Å². The first-order valence-corrected chi connectivity index (χ1v) is 9.14. The topological polar surface area (TPSA) is 43.1 Å². The van der Waals surface area contributed by atoms with Crippen LogP contribution in [0.25, 0.3) is 5.57 Å². The lowest BCUT2D eigenvalue weighted by Crippen LogP contribution is -2.47. The fraction of sp³-hybridized carbons (Fsp3) is 0.167. The standard InChI is InChI=1S/C24H19NO2/c1-23-17-4-3-5-18(23)11-15-22-21(14-10-19(9-8-17)24(22,23)2)16-6-12-20(13-7-16)25(26)27/h3-15H,1-2H3/t23-,24-/m1/s1. The number of nitro groups is 1. The van der Waals surface area contributed by atoms with Crippen molar-refractivity contribution in [1.82, 2.24) is 0 Å². The Morgan fingerprint density at radius 2 is 1.41 bits per heavy atom. The smallest absolute Gasteiger partial charge is 0.258 e. The first kappa shape index (κ1) is 16.0. The van der Waals surface area contributed by atoms with Crippen LogP contribution >= 0.6 is 0 Å². The van der Waals surface area contributed by atoms with E-state index in [4.69, 9.17) is 0 Å². The molecule has 0 aliphatic heterocycles. The van der Waals surface area contributed by atoms with E-state index in [1.54, 1.807) is 12.1 Å². The number of allylic oxidation sites excluding steroid dienone is 14. The average molecular weight is 353 g/mol. The molecule has 2 atom stereocenters. The van der Waals surface area contributed by atoms with Gasteiger partial charge in [0.2, 0.25) is 0 Å². The van der Waals surface area contributed by atoms with Crippen LogP contribution < -0.4 is 0 Å². The number of benzene rings is 1. The molecule has 0 saturated heterocycles. The van der Waals surface area contributed by atoms with Crippen molar-refractivity contribution in [3.8, 4) is 0 Å². The van der Waals surface area contributed by atoms with E-state index >= 15 is 0 Å². The monoisotopic (exact) mass is 353 g/mol. The van der Waals surface area contributed by atoms with Crippen molar-refractivity contribution < 1.29 is 4.92 Å². The molecular formula is C24H19NO2. The van der Waals surface area contributed by atoms with Crippen LogP contribution in [-0.4, -0.2) is 4.92 Å². The molecule has 0 unspecified atom stereocenters. The van der Waals surface area contributed by atoms with Gasteiger partial charge in [-0.2, -0.15) is 0 Å². The van der Waals surface area contributed by atoms with Gasteiger partial charge in [0.05, 0.1) is 4.92 Å². The second-order valence-electron chi connectivity index (χ2n) is 7.77. The molecule has 1 aromatic rings. The van der Waals surface area contributed by atoms with E-state index < -0.39 is 0 Å². The number of non-ortho nitro benzene ring substituents is 1. The van der Waals surface area contributed by atoms with Crippen molar-refractivity contribution in [3.63, 3.8) is 0 Å². The summed E-state index contributed by atoms with van der Waals surface area (Å²) in [5.74, 6) is 0. The van der Waals surface area contributed by atoms with E-state index in [2.05, 4.69) is 68.5 Å². The number of nitrogens with zero attached hydrogens (tertiary/aromatic N) is 1. The number of hydrogen-bond acceptors (Lipinski definition) is 2. The summed E-state index contributed by atoms with van der Waals surface area (Å²) in [4.78, 5) is 10.6. The van der Waals surface area contributed by atoms with E-state index in [1.165, 1.54) is 22.3 Å². The SMILES string of the molecule is C[C@]12C3=CC=CC1=CC=C1C=CC(c4ccc([N+](=O)[O-])cc4)=C(C=C3)[C@@]12C. The molecule has 1 aromatic carbocycles. The molecule has 27 heavy (non-hydrogen) atoms. The minimum Gasteiger partial charge on any atom is -0.258 e. The van der Waals surface area contributed by atoms with Gasteiger partial charge in [-0.15, -0.1) is 0 Å². The lowest BCUT2D eigenvalue weighted by Gasteiger charge is -2.56. The summed E-state index contributed by atoms with van der Waals surface area (Å²) in [5.41, 5.74) is 7.20. The lowest BCUT2D eigenvalue weighted by atomic mass is 9.46. The molecule has 0 spiro atoms. The third-order valence-corrected chi connectivity index (χ3v) is 6.80. The molecule has 0 heterocycles. The largest absolute Gasteiger partial charge is 0.269 e. The van der Waals surface area contributed by atoms with Crippen LogP contribution in [0, 0.1) is 20.9 Å². The van der Waals surface area contributed by atoms with Crippen molar-refractivity contribution >= 4 is 11.3 Å². The zero-order chi connectivity index (χ0) is 18.8. The number of nitro benzene ring substituents is 1. The lowest BCUT2D eigenvalue weighted by molar-refractivity contribution is -0.384. The quantitative estimate of drug-likeness (QED) is 0.493. The Hall–Kier alpha value is -3.20. The van der Waals surface area contributed by atoms with Gasteiger partial charge in [-0.1, -0.05) is 68.5 Å². The van der Waals surface area contributed by atoms with Gasteiger partial charge in [0.15, 0.2) is 0 Å². The highest BCUT2D eigenvalue weighted by Crippen LogP contribution is 2.65. The zero-order valence-corrected chi connectivity index (χ0v) is 15.3.